The Balaban J connectivity index is 1.73. The summed E-state index contributed by atoms with van der Waals surface area (Å²) in [6, 6.07) is 1.80. The number of hydrogen-bond donors (Lipinski definition) is 0. The van der Waals surface area contributed by atoms with Crippen LogP contribution in [-0.4, -0.2) is 46.1 Å². The lowest BCUT2D eigenvalue weighted by Crippen LogP contribution is -2.35. The van der Waals surface area contributed by atoms with E-state index in [-0.39, 0.29) is 11.9 Å². The van der Waals surface area contributed by atoms with Gasteiger partial charge in [-0.05, 0) is 18.9 Å². The van der Waals surface area contributed by atoms with Crippen LogP contribution in [-0.2, 0) is 6.42 Å². The molecule has 1 saturated heterocycles. The number of anilines is 1. The zero-order valence-corrected chi connectivity index (χ0v) is 12.4. The number of hydrogen-bond acceptors (Lipinski definition) is 6. The normalized spacial score (nSPS) is 21.3. The second kappa shape index (κ2) is 5.08. The number of carbonyl (C=O) groups excluding carboxylic acids is 1. The van der Waals surface area contributed by atoms with Gasteiger partial charge in [-0.3, -0.25) is 4.79 Å². The van der Waals surface area contributed by atoms with Gasteiger partial charge in [0.1, 0.15) is 11.3 Å². The van der Waals surface area contributed by atoms with E-state index in [1.807, 2.05) is 7.05 Å². The summed E-state index contributed by atoms with van der Waals surface area (Å²) in [6.45, 7) is 1.54. The number of nitrogens with zero attached hydrogens (tertiary/aromatic N) is 5. The minimum absolute atomic E-state index is 0.00155. The lowest BCUT2D eigenvalue weighted by atomic mass is 10.0. The second-order valence-electron chi connectivity index (χ2n) is 5.74. The molecule has 0 spiro atoms. The lowest BCUT2D eigenvalue weighted by Gasteiger charge is -2.25. The predicted octanol–water partition coefficient (Wildman–Crippen LogP) is 1.43. The van der Waals surface area contributed by atoms with Gasteiger partial charge in [0.15, 0.2) is 5.76 Å². The fourth-order valence-electron chi connectivity index (χ4n) is 3.26. The molecular formula is C15H17N5O2. The standard InChI is InChI=1S/C15H17N5O2/c1-19-9-5-11-12(14(19)21)13(18-22-11)10-4-2-8-20(10)15-16-6-3-7-17-15/h3,6-7,10H,2,4-5,8-9H2,1H3/t10-/m1/s1. The summed E-state index contributed by atoms with van der Waals surface area (Å²) in [7, 11) is 1.81. The van der Waals surface area contributed by atoms with E-state index in [4.69, 9.17) is 4.52 Å². The van der Waals surface area contributed by atoms with Crippen LogP contribution in [0.25, 0.3) is 0 Å². The van der Waals surface area contributed by atoms with Crippen LogP contribution < -0.4 is 4.90 Å². The molecule has 4 heterocycles. The molecule has 2 aromatic heterocycles. The molecular weight excluding hydrogens is 282 g/mol. The van der Waals surface area contributed by atoms with Gasteiger partial charge in [0.2, 0.25) is 5.95 Å². The Bertz CT molecular complexity index is 699. The Labute approximate surface area is 127 Å². The molecule has 1 fully saturated rings. The highest BCUT2D eigenvalue weighted by Gasteiger charge is 2.38. The summed E-state index contributed by atoms with van der Waals surface area (Å²) in [4.78, 5) is 25.0. The quantitative estimate of drug-likeness (QED) is 0.835. The molecule has 4 rings (SSSR count). The summed E-state index contributed by atoms with van der Waals surface area (Å²) in [5, 5.41) is 4.22. The third-order valence-electron chi connectivity index (χ3n) is 4.40. The van der Waals surface area contributed by atoms with Gasteiger partial charge in [-0.1, -0.05) is 5.16 Å². The number of fused-ring (bicyclic) bond motifs is 1. The van der Waals surface area contributed by atoms with Crippen molar-refractivity contribution < 1.29 is 9.32 Å². The second-order valence-corrected chi connectivity index (χ2v) is 5.74. The van der Waals surface area contributed by atoms with Gasteiger partial charge in [-0.25, -0.2) is 9.97 Å². The highest BCUT2D eigenvalue weighted by atomic mass is 16.5. The Morgan fingerprint density at radius 3 is 2.91 bits per heavy atom. The Kier molecular flexibility index (Phi) is 3.06. The maximum atomic E-state index is 12.5. The van der Waals surface area contributed by atoms with Gasteiger partial charge in [0.25, 0.3) is 5.91 Å². The maximum absolute atomic E-state index is 12.5. The van der Waals surface area contributed by atoms with Crippen LogP contribution in [0.3, 0.4) is 0 Å². The molecule has 2 aliphatic rings. The molecule has 0 aromatic carbocycles. The monoisotopic (exact) mass is 299 g/mol. The number of aromatic nitrogens is 3. The van der Waals surface area contributed by atoms with Gasteiger partial charge in [0, 0.05) is 39.0 Å². The van der Waals surface area contributed by atoms with Crippen LogP contribution in [0.5, 0.6) is 0 Å². The summed E-state index contributed by atoms with van der Waals surface area (Å²) in [5.41, 5.74) is 1.37. The van der Waals surface area contributed by atoms with E-state index >= 15 is 0 Å². The minimum atomic E-state index is -0.00155. The molecule has 1 atom stereocenters. The molecule has 0 bridgehead atoms. The average molecular weight is 299 g/mol. The van der Waals surface area contributed by atoms with Crippen molar-refractivity contribution in [2.24, 2.45) is 0 Å². The SMILES string of the molecule is CN1CCc2onc([C@H]3CCCN3c3ncccn3)c2C1=O. The Hall–Kier alpha value is -2.44. The first kappa shape index (κ1) is 13.2. The van der Waals surface area contributed by atoms with Gasteiger partial charge in [-0.15, -0.1) is 0 Å². The van der Waals surface area contributed by atoms with E-state index in [0.717, 1.165) is 31.5 Å². The van der Waals surface area contributed by atoms with Crippen molar-refractivity contribution in [3.8, 4) is 0 Å². The molecule has 22 heavy (non-hydrogen) atoms. The van der Waals surface area contributed by atoms with E-state index in [9.17, 15) is 4.79 Å². The van der Waals surface area contributed by atoms with Crippen LogP contribution in [0.4, 0.5) is 5.95 Å². The Morgan fingerprint density at radius 1 is 1.27 bits per heavy atom. The van der Waals surface area contributed by atoms with Crippen LogP contribution in [0.2, 0.25) is 0 Å². The number of carbonyl (C=O) groups is 1. The van der Waals surface area contributed by atoms with Crippen molar-refractivity contribution in [1.82, 2.24) is 20.0 Å². The van der Waals surface area contributed by atoms with Gasteiger partial charge in [-0.2, -0.15) is 0 Å². The number of amides is 1. The van der Waals surface area contributed by atoms with Crippen LogP contribution in [0.1, 0.15) is 40.7 Å². The Morgan fingerprint density at radius 2 is 2.09 bits per heavy atom. The van der Waals surface area contributed by atoms with E-state index in [1.54, 1.807) is 23.4 Å². The molecule has 7 heteroatoms. The van der Waals surface area contributed by atoms with Gasteiger partial charge in [0.05, 0.1) is 6.04 Å². The highest BCUT2D eigenvalue weighted by molar-refractivity contribution is 5.97. The highest BCUT2D eigenvalue weighted by Crippen LogP contribution is 2.37. The lowest BCUT2D eigenvalue weighted by molar-refractivity contribution is 0.0773. The van der Waals surface area contributed by atoms with Gasteiger partial charge >= 0.3 is 0 Å². The van der Waals surface area contributed by atoms with Crippen molar-refractivity contribution in [2.45, 2.75) is 25.3 Å². The van der Waals surface area contributed by atoms with Crippen molar-refractivity contribution >= 4 is 11.9 Å². The van der Waals surface area contributed by atoms with Crippen LogP contribution in [0, 0.1) is 0 Å². The zero-order valence-electron chi connectivity index (χ0n) is 12.4. The molecule has 0 N–H and O–H groups in total. The number of likely N-dealkylation sites (N-methyl/N-ethyl adjacent to an activating group) is 1. The van der Waals surface area contributed by atoms with Gasteiger partial charge < -0.3 is 14.3 Å². The van der Waals surface area contributed by atoms with Crippen molar-refractivity contribution in [1.29, 1.82) is 0 Å². The van der Waals surface area contributed by atoms with Crippen LogP contribution >= 0.6 is 0 Å². The van der Waals surface area contributed by atoms with Crippen molar-refractivity contribution in [3.05, 3.63) is 35.5 Å². The number of rotatable bonds is 2. The zero-order chi connectivity index (χ0) is 15.1. The molecule has 114 valence electrons. The molecule has 0 aliphatic carbocycles. The van der Waals surface area contributed by atoms with Crippen molar-refractivity contribution in [3.63, 3.8) is 0 Å². The molecule has 0 saturated carbocycles. The first-order valence-corrected chi connectivity index (χ1v) is 7.53. The molecule has 2 aromatic rings. The average Bonchev–Trinajstić information content (AvgIpc) is 3.18. The van der Waals surface area contributed by atoms with Crippen LogP contribution in [0.15, 0.2) is 23.0 Å². The minimum Gasteiger partial charge on any atom is -0.360 e. The smallest absolute Gasteiger partial charge is 0.259 e. The fourth-order valence-corrected chi connectivity index (χ4v) is 3.26. The molecule has 0 unspecified atom stereocenters. The summed E-state index contributed by atoms with van der Waals surface area (Å²) in [5.74, 6) is 1.38. The van der Waals surface area contributed by atoms with Crippen molar-refractivity contribution in [2.75, 3.05) is 25.0 Å². The molecule has 2 aliphatic heterocycles. The maximum Gasteiger partial charge on any atom is 0.259 e. The molecule has 0 radical (unpaired) electrons. The summed E-state index contributed by atoms with van der Waals surface area (Å²) in [6.07, 6.45) is 6.13. The summed E-state index contributed by atoms with van der Waals surface area (Å²) < 4.78 is 5.44. The first-order chi connectivity index (χ1) is 10.8. The topological polar surface area (TPSA) is 75.4 Å². The third kappa shape index (κ3) is 1.96. The fraction of sp³-hybridized carbons (Fsp3) is 0.467. The first-order valence-electron chi connectivity index (χ1n) is 7.53. The van der Waals surface area contributed by atoms with E-state index in [1.165, 1.54) is 0 Å². The van der Waals surface area contributed by atoms with E-state index < -0.39 is 0 Å². The molecule has 1 amide bonds. The predicted molar refractivity (Wildman–Crippen MR) is 78.5 cm³/mol. The largest absolute Gasteiger partial charge is 0.360 e. The molecule has 7 nitrogen and oxygen atoms in total. The van der Waals surface area contributed by atoms with E-state index in [2.05, 4.69) is 20.0 Å². The van der Waals surface area contributed by atoms with E-state index in [0.29, 0.717) is 23.8 Å². The summed E-state index contributed by atoms with van der Waals surface area (Å²) >= 11 is 0. The third-order valence-corrected chi connectivity index (χ3v) is 4.40.